The van der Waals surface area contributed by atoms with Gasteiger partial charge in [-0.25, -0.2) is 0 Å². The van der Waals surface area contributed by atoms with Gasteiger partial charge in [0.1, 0.15) is 11.4 Å². The van der Waals surface area contributed by atoms with Crippen LogP contribution in [0, 0.1) is 13.8 Å². The van der Waals surface area contributed by atoms with E-state index in [-0.39, 0.29) is 5.75 Å². The van der Waals surface area contributed by atoms with E-state index in [1.165, 1.54) is 28.9 Å². The molecule has 37 heavy (non-hydrogen) atoms. The average Bonchev–Trinajstić information content (AvgIpc) is 3.32. The van der Waals surface area contributed by atoms with Crippen LogP contribution in [0.25, 0.3) is 11.3 Å². The number of aromatic nitrogens is 1. The number of aryl methyl sites for hydroxylation is 2. The minimum Gasteiger partial charge on any atom is -0.406 e. The molecular weight excluding hydrogens is 481 g/mol. The van der Waals surface area contributed by atoms with Crippen molar-refractivity contribution >= 4 is 5.69 Å². The molecule has 0 N–H and O–H groups in total. The zero-order chi connectivity index (χ0) is 26.4. The van der Waals surface area contributed by atoms with Crippen LogP contribution in [0.3, 0.4) is 0 Å². The van der Waals surface area contributed by atoms with E-state index in [9.17, 15) is 13.2 Å². The minimum atomic E-state index is -4.71. The third-order valence-electron chi connectivity index (χ3n) is 6.78. The Kier molecular flexibility index (Phi) is 8.76. The SMILES string of the molecule is CCN(CCCN1CCN(c2ccc(C)cc2C)CC1)Cc1cc(-c2ccc(OC(F)(F)F)cc2)no1. The summed E-state index contributed by atoms with van der Waals surface area (Å²) >= 11 is 0. The zero-order valence-corrected chi connectivity index (χ0v) is 21.7. The number of alkyl halides is 3. The van der Waals surface area contributed by atoms with Gasteiger partial charge < -0.3 is 14.2 Å². The fraction of sp³-hybridized carbons (Fsp3) is 0.464. The maximum Gasteiger partial charge on any atom is 0.573 e. The van der Waals surface area contributed by atoms with Crippen molar-refractivity contribution in [2.45, 2.75) is 40.1 Å². The molecule has 200 valence electrons. The van der Waals surface area contributed by atoms with Gasteiger partial charge in [0.2, 0.25) is 0 Å². The van der Waals surface area contributed by atoms with Gasteiger partial charge >= 0.3 is 6.36 Å². The summed E-state index contributed by atoms with van der Waals surface area (Å²) in [6.07, 6.45) is -3.64. The van der Waals surface area contributed by atoms with Crippen molar-refractivity contribution in [1.29, 1.82) is 0 Å². The van der Waals surface area contributed by atoms with Crippen molar-refractivity contribution < 1.29 is 22.4 Å². The molecule has 1 aliphatic rings. The van der Waals surface area contributed by atoms with Crippen LogP contribution < -0.4 is 9.64 Å². The molecule has 0 bridgehead atoms. The Morgan fingerprint density at radius 3 is 2.38 bits per heavy atom. The first kappa shape index (κ1) is 27.0. The highest BCUT2D eigenvalue weighted by Gasteiger charge is 2.31. The summed E-state index contributed by atoms with van der Waals surface area (Å²) < 4.78 is 46.5. The quantitative estimate of drug-likeness (QED) is 0.335. The van der Waals surface area contributed by atoms with Gasteiger partial charge in [-0.2, -0.15) is 0 Å². The Bertz CT molecular complexity index is 1140. The third-order valence-corrected chi connectivity index (χ3v) is 6.78. The van der Waals surface area contributed by atoms with Gasteiger partial charge in [-0.05, 0) is 75.8 Å². The predicted octanol–water partition coefficient (Wildman–Crippen LogP) is 5.89. The zero-order valence-electron chi connectivity index (χ0n) is 21.7. The van der Waals surface area contributed by atoms with Gasteiger partial charge in [0.05, 0.1) is 6.54 Å². The highest BCUT2D eigenvalue weighted by atomic mass is 19.4. The standard InChI is InChI=1S/C28H35F3N4O2/c1-4-33(12-5-13-34-14-16-35(17-15-34)27-11-6-21(2)18-22(27)3)20-25-19-26(32-37-25)23-7-9-24(10-8-23)36-28(29,30)31/h6-11,18-19H,4-5,12-17,20H2,1-3H3. The van der Waals surface area contributed by atoms with Crippen molar-refractivity contribution in [1.82, 2.24) is 15.0 Å². The summed E-state index contributed by atoms with van der Waals surface area (Å²) in [5.74, 6) is 0.471. The van der Waals surface area contributed by atoms with E-state index in [1.54, 1.807) is 12.1 Å². The average molecular weight is 517 g/mol. The summed E-state index contributed by atoms with van der Waals surface area (Å²) in [7, 11) is 0. The molecule has 6 nitrogen and oxygen atoms in total. The van der Waals surface area contributed by atoms with Crippen LogP contribution >= 0.6 is 0 Å². The maximum atomic E-state index is 12.4. The number of hydrogen-bond donors (Lipinski definition) is 0. The molecular formula is C28H35F3N4O2. The van der Waals surface area contributed by atoms with Crippen LogP contribution in [0.15, 0.2) is 53.1 Å². The number of ether oxygens (including phenoxy) is 1. The Balaban J connectivity index is 1.21. The Labute approximate surface area is 216 Å². The Hall–Kier alpha value is -3.04. The maximum absolute atomic E-state index is 12.4. The van der Waals surface area contributed by atoms with Crippen LogP contribution in [0.4, 0.5) is 18.9 Å². The lowest BCUT2D eigenvalue weighted by atomic mass is 10.1. The van der Waals surface area contributed by atoms with Gasteiger partial charge in [-0.15, -0.1) is 13.2 Å². The molecule has 2 aromatic carbocycles. The van der Waals surface area contributed by atoms with Crippen molar-refractivity contribution in [2.75, 3.05) is 50.7 Å². The molecule has 3 aromatic rings. The molecule has 2 heterocycles. The van der Waals surface area contributed by atoms with E-state index in [4.69, 9.17) is 4.52 Å². The monoisotopic (exact) mass is 516 g/mol. The predicted molar refractivity (Wildman–Crippen MR) is 139 cm³/mol. The molecule has 1 aromatic heterocycles. The second kappa shape index (κ2) is 12.0. The van der Waals surface area contributed by atoms with Crippen molar-refractivity contribution in [3.8, 4) is 17.0 Å². The van der Waals surface area contributed by atoms with Crippen molar-refractivity contribution in [2.24, 2.45) is 0 Å². The smallest absolute Gasteiger partial charge is 0.406 e. The van der Waals surface area contributed by atoms with E-state index in [0.29, 0.717) is 17.8 Å². The molecule has 0 amide bonds. The van der Waals surface area contributed by atoms with Crippen LogP contribution in [-0.2, 0) is 6.54 Å². The van der Waals surface area contributed by atoms with Gasteiger partial charge in [0.25, 0.3) is 0 Å². The number of anilines is 1. The largest absolute Gasteiger partial charge is 0.573 e. The normalized spacial score (nSPS) is 14.9. The summed E-state index contributed by atoms with van der Waals surface area (Å²) in [5.41, 5.74) is 5.25. The summed E-state index contributed by atoms with van der Waals surface area (Å²) in [4.78, 5) is 7.34. The van der Waals surface area contributed by atoms with E-state index >= 15 is 0 Å². The van der Waals surface area contributed by atoms with Crippen molar-refractivity contribution in [3.05, 3.63) is 65.4 Å². The number of piperazine rings is 1. The molecule has 0 unspecified atom stereocenters. The van der Waals surface area contributed by atoms with E-state index in [2.05, 4.69) is 63.6 Å². The van der Waals surface area contributed by atoms with Crippen LogP contribution in [0.2, 0.25) is 0 Å². The lowest BCUT2D eigenvalue weighted by Gasteiger charge is -2.37. The first-order valence-electron chi connectivity index (χ1n) is 12.8. The van der Waals surface area contributed by atoms with Gasteiger partial charge in [0, 0.05) is 43.5 Å². The van der Waals surface area contributed by atoms with E-state index in [1.807, 2.05) is 6.07 Å². The molecule has 9 heteroatoms. The molecule has 0 radical (unpaired) electrons. The second-order valence-electron chi connectivity index (χ2n) is 9.59. The molecule has 0 spiro atoms. The molecule has 1 saturated heterocycles. The van der Waals surface area contributed by atoms with Gasteiger partial charge in [0.15, 0.2) is 5.76 Å². The Morgan fingerprint density at radius 1 is 1.00 bits per heavy atom. The number of halogens is 3. The molecule has 4 rings (SSSR count). The third kappa shape index (κ3) is 7.72. The van der Waals surface area contributed by atoms with Crippen LogP contribution in [0.1, 0.15) is 30.2 Å². The fourth-order valence-electron chi connectivity index (χ4n) is 4.81. The summed E-state index contributed by atoms with van der Waals surface area (Å²) in [5, 5.41) is 4.10. The first-order valence-corrected chi connectivity index (χ1v) is 12.8. The Morgan fingerprint density at radius 2 is 1.73 bits per heavy atom. The van der Waals surface area contributed by atoms with E-state index in [0.717, 1.165) is 58.0 Å². The van der Waals surface area contributed by atoms with Gasteiger partial charge in [-0.3, -0.25) is 9.80 Å². The molecule has 0 aliphatic carbocycles. The van der Waals surface area contributed by atoms with Gasteiger partial charge in [-0.1, -0.05) is 29.8 Å². The minimum absolute atomic E-state index is 0.260. The summed E-state index contributed by atoms with van der Waals surface area (Å²) in [6.45, 7) is 14.2. The number of nitrogens with zero attached hydrogens (tertiary/aromatic N) is 4. The number of rotatable bonds is 10. The van der Waals surface area contributed by atoms with E-state index < -0.39 is 6.36 Å². The lowest BCUT2D eigenvalue weighted by Crippen LogP contribution is -2.47. The number of benzene rings is 2. The highest BCUT2D eigenvalue weighted by Crippen LogP contribution is 2.27. The fourth-order valence-corrected chi connectivity index (χ4v) is 4.81. The number of hydrogen-bond acceptors (Lipinski definition) is 6. The molecule has 1 fully saturated rings. The summed E-state index contributed by atoms with van der Waals surface area (Å²) in [6, 6.07) is 14.2. The first-order chi connectivity index (χ1) is 17.7. The highest BCUT2D eigenvalue weighted by molar-refractivity contribution is 5.59. The van der Waals surface area contributed by atoms with Crippen molar-refractivity contribution in [3.63, 3.8) is 0 Å². The molecule has 0 atom stereocenters. The second-order valence-corrected chi connectivity index (χ2v) is 9.59. The topological polar surface area (TPSA) is 45.0 Å². The van der Waals surface area contributed by atoms with Crippen LogP contribution in [0.5, 0.6) is 5.75 Å². The molecule has 1 aliphatic heterocycles. The van der Waals surface area contributed by atoms with Crippen LogP contribution in [-0.4, -0.2) is 67.1 Å². The molecule has 0 saturated carbocycles. The lowest BCUT2D eigenvalue weighted by molar-refractivity contribution is -0.274.